The van der Waals surface area contributed by atoms with Crippen molar-refractivity contribution >= 4 is 0 Å². The normalized spacial score (nSPS) is 10.6. The van der Waals surface area contributed by atoms with Crippen molar-refractivity contribution in [3.63, 3.8) is 0 Å². The molecular weight excluding hydrogens is 207 g/mol. The fourth-order valence-electron chi connectivity index (χ4n) is 1.53. The van der Waals surface area contributed by atoms with Crippen LogP contribution in [0.2, 0.25) is 0 Å². The van der Waals surface area contributed by atoms with Crippen molar-refractivity contribution in [1.29, 1.82) is 0 Å². The molecule has 0 unspecified atom stereocenters. The first-order valence-electron chi connectivity index (χ1n) is 5.09. The summed E-state index contributed by atoms with van der Waals surface area (Å²) in [4.78, 5) is 4.19. The molecular formula is C11H13FN4. The number of hydrogen-bond acceptors (Lipinski definition) is 3. The number of alkyl halides is 1. The molecule has 0 radical (unpaired) electrons. The van der Waals surface area contributed by atoms with E-state index in [0.29, 0.717) is 6.54 Å². The highest BCUT2D eigenvalue weighted by Crippen LogP contribution is 2.16. The Labute approximate surface area is 92.9 Å². The Bertz CT molecular complexity index is 452. The zero-order valence-corrected chi connectivity index (χ0v) is 8.81. The van der Waals surface area contributed by atoms with Crippen molar-refractivity contribution in [3.8, 4) is 11.4 Å². The topological polar surface area (TPSA) is 56.7 Å². The van der Waals surface area contributed by atoms with Crippen LogP contribution in [0.25, 0.3) is 11.4 Å². The molecule has 0 amide bonds. The second-order valence-electron chi connectivity index (χ2n) is 3.35. The van der Waals surface area contributed by atoms with Gasteiger partial charge >= 0.3 is 0 Å². The first kappa shape index (κ1) is 10.8. The minimum Gasteiger partial charge on any atom is -0.325 e. The van der Waals surface area contributed by atoms with E-state index in [2.05, 4.69) is 10.1 Å². The smallest absolute Gasteiger partial charge is 0.111 e. The van der Waals surface area contributed by atoms with Crippen LogP contribution in [0.1, 0.15) is 5.69 Å². The van der Waals surface area contributed by atoms with Crippen LogP contribution >= 0.6 is 0 Å². The molecule has 0 spiro atoms. The molecule has 2 aromatic heterocycles. The van der Waals surface area contributed by atoms with Gasteiger partial charge in [-0.15, -0.1) is 0 Å². The highest BCUT2D eigenvalue weighted by Gasteiger charge is 2.08. The standard InChI is InChI=1S/C11H13FN4/c12-4-6-16-9(8-13)7-11(15-16)10-3-1-2-5-14-10/h1-3,5,7H,4,6,8,13H2. The lowest BCUT2D eigenvalue weighted by Crippen LogP contribution is -2.09. The lowest BCUT2D eigenvalue weighted by molar-refractivity contribution is 0.420. The lowest BCUT2D eigenvalue weighted by atomic mass is 10.2. The van der Waals surface area contributed by atoms with Crippen LogP contribution in [0.15, 0.2) is 30.5 Å². The summed E-state index contributed by atoms with van der Waals surface area (Å²) in [5.74, 6) is 0. The maximum absolute atomic E-state index is 12.3. The van der Waals surface area contributed by atoms with Crippen LogP contribution in [0, 0.1) is 0 Å². The van der Waals surface area contributed by atoms with E-state index in [9.17, 15) is 4.39 Å². The summed E-state index contributed by atoms with van der Waals surface area (Å²) in [6.45, 7) is 0.134. The van der Waals surface area contributed by atoms with Gasteiger partial charge in [0.2, 0.25) is 0 Å². The van der Waals surface area contributed by atoms with Gasteiger partial charge in [-0.25, -0.2) is 4.39 Å². The molecule has 0 fully saturated rings. The molecule has 0 bridgehead atoms. The van der Waals surface area contributed by atoms with Crippen molar-refractivity contribution < 1.29 is 4.39 Å². The summed E-state index contributed by atoms with van der Waals surface area (Å²) in [7, 11) is 0. The third-order valence-electron chi connectivity index (χ3n) is 2.30. The lowest BCUT2D eigenvalue weighted by Gasteiger charge is -2.00. The Balaban J connectivity index is 2.36. The zero-order chi connectivity index (χ0) is 11.4. The molecule has 2 aromatic rings. The monoisotopic (exact) mass is 220 g/mol. The van der Waals surface area contributed by atoms with E-state index in [4.69, 9.17) is 5.73 Å². The summed E-state index contributed by atoms with van der Waals surface area (Å²) < 4.78 is 13.9. The van der Waals surface area contributed by atoms with Gasteiger partial charge < -0.3 is 5.73 Å². The minimum atomic E-state index is -0.448. The predicted octanol–water partition coefficient (Wildman–Crippen LogP) is 1.37. The Morgan fingerprint density at radius 1 is 1.31 bits per heavy atom. The van der Waals surface area contributed by atoms with E-state index >= 15 is 0 Å². The van der Waals surface area contributed by atoms with Gasteiger partial charge in [0.05, 0.1) is 17.9 Å². The third-order valence-corrected chi connectivity index (χ3v) is 2.30. The molecule has 84 valence electrons. The van der Waals surface area contributed by atoms with E-state index in [0.717, 1.165) is 17.1 Å². The summed E-state index contributed by atoms with van der Waals surface area (Å²) >= 11 is 0. The summed E-state index contributed by atoms with van der Waals surface area (Å²) in [6.07, 6.45) is 1.70. The summed E-state index contributed by atoms with van der Waals surface area (Å²) in [5, 5.41) is 4.28. The van der Waals surface area contributed by atoms with E-state index in [1.807, 2.05) is 24.3 Å². The molecule has 0 aromatic carbocycles. The van der Waals surface area contributed by atoms with Crippen LogP contribution in [-0.2, 0) is 13.1 Å². The molecule has 16 heavy (non-hydrogen) atoms. The molecule has 5 heteroatoms. The van der Waals surface area contributed by atoms with Gasteiger partial charge in [-0.1, -0.05) is 6.07 Å². The predicted molar refractivity (Wildman–Crippen MR) is 59.3 cm³/mol. The first-order chi connectivity index (χ1) is 7.85. The van der Waals surface area contributed by atoms with E-state index in [1.165, 1.54) is 0 Å². The average Bonchev–Trinajstić information content (AvgIpc) is 2.74. The fraction of sp³-hybridized carbons (Fsp3) is 0.273. The second kappa shape index (κ2) is 4.85. The molecule has 2 heterocycles. The number of pyridine rings is 1. The van der Waals surface area contributed by atoms with Crippen LogP contribution in [0.5, 0.6) is 0 Å². The number of halogens is 1. The largest absolute Gasteiger partial charge is 0.325 e. The molecule has 2 N–H and O–H groups in total. The number of aromatic nitrogens is 3. The molecule has 0 saturated heterocycles. The Morgan fingerprint density at radius 2 is 2.19 bits per heavy atom. The van der Waals surface area contributed by atoms with Crippen molar-refractivity contribution in [2.75, 3.05) is 6.67 Å². The van der Waals surface area contributed by atoms with Crippen LogP contribution in [0.3, 0.4) is 0 Å². The van der Waals surface area contributed by atoms with Crippen LogP contribution in [-0.4, -0.2) is 21.4 Å². The van der Waals surface area contributed by atoms with Crippen LogP contribution in [0.4, 0.5) is 4.39 Å². The van der Waals surface area contributed by atoms with Gasteiger partial charge in [0.15, 0.2) is 0 Å². The van der Waals surface area contributed by atoms with Crippen molar-refractivity contribution in [1.82, 2.24) is 14.8 Å². The number of rotatable bonds is 4. The second-order valence-corrected chi connectivity index (χ2v) is 3.35. The fourth-order valence-corrected chi connectivity index (χ4v) is 1.53. The zero-order valence-electron chi connectivity index (χ0n) is 8.81. The highest BCUT2D eigenvalue weighted by molar-refractivity contribution is 5.53. The number of hydrogen-bond donors (Lipinski definition) is 1. The summed E-state index contributed by atoms with van der Waals surface area (Å²) in [5.41, 5.74) is 7.89. The number of nitrogens with zero attached hydrogens (tertiary/aromatic N) is 3. The van der Waals surface area contributed by atoms with E-state index in [1.54, 1.807) is 10.9 Å². The Kier molecular flexibility index (Phi) is 3.26. The molecule has 2 rings (SSSR count). The average molecular weight is 220 g/mol. The Hall–Kier alpha value is -1.75. The van der Waals surface area contributed by atoms with Gasteiger partial charge in [-0.3, -0.25) is 9.67 Å². The summed E-state index contributed by atoms with van der Waals surface area (Å²) in [6, 6.07) is 7.44. The van der Waals surface area contributed by atoms with E-state index in [-0.39, 0.29) is 6.54 Å². The number of aryl methyl sites for hydroxylation is 1. The number of nitrogens with two attached hydrogens (primary N) is 1. The molecule has 4 nitrogen and oxygen atoms in total. The quantitative estimate of drug-likeness (QED) is 0.846. The van der Waals surface area contributed by atoms with Crippen LogP contribution < -0.4 is 5.73 Å². The van der Waals surface area contributed by atoms with Gasteiger partial charge in [0, 0.05) is 12.7 Å². The van der Waals surface area contributed by atoms with Crippen molar-refractivity contribution in [3.05, 3.63) is 36.2 Å². The van der Waals surface area contributed by atoms with Crippen molar-refractivity contribution in [2.24, 2.45) is 5.73 Å². The molecule has 0 aliphatic heterocycles. The van der Waals surface area contributed by atoms with E-state index < -0.39 is 6.67 Å². The molecule has 0 atom stereocenters. The van der Waals surface area contributed by atoms with Gasteiger partial charge in [0.1, 0.15) is 12.4 Å². The first-order valence-corrected chi connectivity index (χ1v) is 5.09. The van der Waals surface area contributed by atoms with Gasteiger partial charge in [-0.05, 0) is 18.2 Å². The maximum Gasteiger partial charge on any atom is 0.111 e. The highest BCUT2D eigenvalue weighted by atomic mass is 19.1. The van der Waals surface area contributed by atoms with Gasteiger partial charge in [0.25, 0.3) is 0 Å². The molecule has 0 aliphatic carbocycles. The van der Waals surface area contributed by atoms with Crippen molar-refractivity contribution in [2.45, 2.75) is 13.1 Å². The molecule has 0 aliphatic rings. The third kappa shape index (κ3) is 2.09. The Morgan fingerprint density at radius 3 is 2.81 bits per heavy atom. The molecule has 0 saturated carbocycles. The minimum absolute atomic E-state index is 0.235. The maximum atomic E-state index is 12.3. The van der Waals surface area contributed by atoms with Gasteiger partial charge in [-0.2, -0.15) is 5.10 Å². The SMILES string of the molecule is NCc1cc(-c2ccccn2)nn1CCF.